The highest BCUT2D eigenvalue weighted by atomic mass is 32.1. The van der Waals surface area contributed by atoms with Gasteiger partial charge in [-0.05, 0) is 68.9 Å². The first-order valence-corrected chi connectivity index (χ1v) is 9.39. The summed E-state index contributed by atoms with van der Waals surface area (Å²) < 4.78 is 5.57. The van der Waals surface area contributed by atoms with Gasteiger partial charge in [0, 0.05) is 29.9 Å². The molecule has 1 amide bonds. The van der Waals surface area contributed by atoms with E-state index in [1.807, 2.05) is 43.3 Å². The Kier molecular flexibility index (Phi) is 5.76. The molecule has 0 aliphatic rings. The quantitative estimate of drug-likeness (QED) is 0.627. The van der Waals surface area contributed by atoms with Crippen molar-refractivity contribution in [1.82, 2.24) is 5.32 Å². The zero-order valence-electron chi connectivity index (χ0n) is 15.7. The molecule has 0 bridgehead atoms. The van der Waals surface area contributed by atoms with Crippen LogP contribution in [0.3, 0.4) is 0 Å². The topological polar surface area (TPSA) is 57.5 Å². The van der Waals surface area contributed by atoms with E-state index in [0.29, 0.717) is 5.58 Å². The summed E-state index contributed by atoms with van der Waals surface area (Å²) >= 11 is 5.29. The fraction of sp³-hybridized carbons (Fsp3) is 0.238. The van der Waals surface area contributed by atoms with Gasteiger partial charge in [0.2, 0.25) is 0 Å². The van der Waals surface area contributed by atoms with Gasteiger partial charge in [0.05, 0.1) is 0 Å². The molecule has 1 heterocycles. The van der Waals surface area contributed by atoms with E-state index in [2.05, 4.69) is 35.4 Å². The SMILES string of the molecule is CCN(CC)c1ccc(NC(=S)NC(=O)c2cc3ccccc3o2)c(C)c1. The van der Waals surface area contributed by atoms with Crippen molar-refractivity contribution in [3.05, 3.63) is 59.9 Å². The lowest BCUT2D eigenvalue weighted by Crippen LogP contribution is -2.34. The first kappa shape index (κ1) is 18.9. The number of benzene rings is 2. The number of hydrogen-bond acceptors (Lipinski definition) is 4. The Bertz CT molecular complexity index is 943. The predicted octanol–water partition coefficient (Wildman–Crippen LogP) is 4.71. The molecule has 0 fully saturated rings. The Morgan fingerprint density at radius 1 is 1.11 bits per heavy atom. The van der Waals surface area contributed by atoms with Gasteiger partial charge in [-0.1, -0.05) is 18.2 Å². The maximum atomic E-state index is 12.4. The monoisotopic (exact) mass is 381 g/mol. The van der Waals surface area contributed by atoms with Crippen LogP contribution in [0, 0.1) is 6.92 Å². The zero-order valence-corrected chi connectivity index (χ0v) is 16.5. The van der Waals surface area contributed by atoms with Crippen molar-refractivity contribution in [2.75, 3.05) is 23.3 Å². The van der Waals surface area contributed by atoms with Crippen LogP contribution in [0.25, 0.3) is 11.0 Å². The van der Waals surface area contributed by atoms with Crippen molar-refractivity contribution in [3.63, 3.8) is 0 Å². The molecule has 0 aliphatic carbocycles. The average molecular weight is 382 g/mol. The first-order valence-electron chi connectivity index (χ1n) is 8.98. The van der Waals surface area contributed by atoms with Crippen molar-refractivity contribution in [2.24, 2.45) is 0 Å². The van der Waals surface area contributed by atoms with Crippen LogP contribution < -0.4 is 15.5 Å². The molecule has 140 valence electrons. The van der Waals surface area contributed by atoms with Gasteiger partial charge < -0.3 is 14.6 Å². The van der Waals surface area contributed by atoms with Crippen LogP contribution in [0.2, 0.25) is 0 Å². The molecule has 0 unspecified atom stereocenters. The molecule has 0 saturated heterocycles. The van der Waals surface area contributed by atoms with Crippen LogP contribution in [0.15, 0.2) is 52.9 Å². The fourth-order valence-corrected chi connectivity index (χ4v) is 3.19. The number of aryl methyl sites for hydroxylation is 1. The lowest BCUT2D eigenvalue weighted by molar-refractivity contribution is 0.0953. The summed E-state index contributed by atoms with van der Waals surface area (Å²) in [6, 6.07) is 15.3. The number of nitrogens with one attached hydrogen (secondary N) is 2. The highest BCUT2D eigenvalue weighted by molar-refractivity contribution is 7.80. The van der Waals surface area contributed by atoms with Crippen molar-refractivity contribution >= 4 is 45.6 Å². The molecule has 0 spiro atoms. The maximum absolute atomic E-state index is 12.4. The minimum Gasteiger partial charge on any atom is -0.451 e. The second-order valence-electron chi connectivity index (χ2n) is 6.23. The predicted molar refractivity (Wildman–Crippen MR) is 115 cm³/mol. The van der Waals surface area contributed by atoms with Crippen LogP contribution >= 0.6 is 12.2 Å². The van der Waals surface area contributed by atoms with E-state index in [1.165, 1.54) is 5.69 Å². The molecule has 27 heavy (non-hydrogen) atoms. The zero-order chi connectivity index (χ0) is 19.4. The largest absolute Gasteiger partial charge is 0.451 e. The highest BCUT2D eigenvalue weighted by Gasteiger charge is 2.14. The molecule has 0 saturated carbocycles. The van der Waals surface area contributed by atoms with E-state index in [1.54, 1.807) is 6.07 Å². The van der Waals surface area contributed by atoms with E-state index in [-0.39, 0.29) is 16.8 Å². The van der Waals surface area contributed by atoms with Crippen LogP contribution in [-0.2, 0) is 0 Å². The van der Waals surface area contributed by atoms with E-state index in [9.17, 15) is 4.79 Å². The van der Waals surface area contributed by atoms with E-state index in [0.717, 1.165) is 29.7 Å². The summed E-state index contributed by atoms with van der Waals surface area (Å²) in [5.74, 6) is -0.143. The van der Waals surface area contributed by atoms with Gasteiger partial charge in [0.15, 0.2) is 10.9 Å². The second-order valence-corrected chi connectivity index (χ2v) is 6.64. The van der Waals surface area contributed by atoms with Crippen molar-refractivity contribution in [2.45, 2.75) is 20.8 Å². The van der Waals surface area contributed by atoms with Gasteiger partial charge in [-0.2, -0.15) is 0 Å². The molecule has 5 nitrogen and oxygen atoms in total. The lowest BCUT2D eigenvalue weighted by Gasteiger charge is -2.22. The summed E-state index contributed by atoms with van der Waals surface area (Å²) in [5, 5.41) is 6.87. The molecule has 3 aromatic rings. The summed E-state index contributed by atoms with van der Waals surface area (Å²) in [6.45, 7) is 8.18. The fourth-order valence-electron chi connectivity index (χ4n) is 2.99. The average Bonchev–Trinajstić information content (AvgIpc) is 3.09. The number of hydrogen-bond donors (Lipinski definition) is 2. The molecule has 0 radical (unpaired) electrons. The van der Waals surface area contributed by atoms with Crippen LogP contribution in [0.1, 0.15) is 30.0 Å². The van der Waals surface area contributed by atoms with Gasteiger partial charge in [0.25, 0.3) is 5.91 Å². The van der Waals surface area contributed by atoms with Gasteiger partial charge >= 0.3 is 0 Å². The minimum atomic E-state index is -0.374. The second kappa shape index (κ2) is 8.22. The number of para-hydroxylation sites is 1. The van der Waals surface area contributed by atoms with Crippen LogP contribution in [0.5, 0.6) is 0 Å². The lowest BCUT2D eigenvalue weighted by atomic mass is 10.1. The number of anilines is 2. The van der Waals surface area contributed by atoms with Crippen molar-refractivity contribution in [1.29, 1.82) is 0 Å². The van der Waals surface area contributed by atoms with Gasteiger partial charge in [-0.15, -0.1) is 0 Å². The summed E-state index contributed by atoms with van der Waals surface area (Å²) in [6.07, 6.45) is 0. The third-order valence-corrected chi connectivity index (χ3v) is 4.67. The van der Waals surface area contributed by atoms with Crippen molar-refractivity contribution in [3.8, 4) is 0 Å². The van der Waals surface area contributed by atoms with Gasteiger partial charge in [-0.3, -0.25) is 10.1 Å². The number of fused-ring (bicyclic) bond motifs is 1. The summed E-state index contributed by atoms with van der Waals surface area (Å²) in [5.41, 5.74) is 3.75. The molecule has 3 rings (SSSR count). The summed E-state index contributed by atoms with van der Waals surface area (Å²) in [7, 11) is 0. The number of carbonyl (C=O) groups excluding carboxylic acids is 1. The molecule has 6 heteroatoms. The standard InChI is InChI=1S/C21H23N3O2S/c1-4-24(5-2)16-10-11-17(14(3)12-16)22-21(27)23-20(25)19-13-15-8-6-7-9-18(15)26-19/h6-13H,4-5H2,1-3H3,(H2,22,23,25,27). The number of thiocarbonyl (C=S) groups is 1. The Hall–Kier alpha value is -2.86. The van der Waals surface area contributed by atoms with E-state index >= 15 is 0 Å². The normalized spacial score (nSPS) is 10.6. The maximum Gasteiger partial charge on any atom is 0.293 e. The molecule has 2 N–H and O–H groups in total. The summed E-state index contributed by atoms with van der Waals surface area (Å²) in [4.78, 5) is 14.7. The molecular formula is C21H23N3O2S. The Morgan fingerprint density at radius 2 is 1.85 bits per heavy atom. The number of amides is 1. The molecule has 2 aromatic carbocycles. The van der Waals surface area contributed by atoms with Gasteiger partial charge in [0.1, 0.15) is 5.58 Å². The number of furan rings is 1. The third-order valence-electron chi connectivity index (χ3n) is 4.46. The first-order chi connectivity index (χ1) is 13.0. The number of rotatable bonds is 5. The van der Waals surface area contributed by atoms with Crippen LogP contribution in [0.4, 0.5) is 11.4 Å². The van der Waals surface area contributed by atoms with E-state index < -0.39 is 0 Å². The van der Waals surface area contributed by atoms with E-state index in [4.69, 9.17) is 16.6 Å². The Morgan fingerprint density at radius 3 is 2.52 bits per heavy atom. The smallest absolute Gasteiger partial charge is 0.293 e. The molecule has 1 aromatic heterocycles. The molecule has 0 atom stereocenters. The molecular weight excluding hydrogens is 358 g/mol. The number of nitrogens with zero attached hydrogens (tertiary/aromatic N) is 1. The number of carbonyl (C=O) groups is 1. The third kappa shape index (κ3) is 4.28. The molecule has 0 aliphatic heterocycles. The van der Waals surface area contributed by atoms with Gasteiger partial charge in [-0.25, -0.2) is 0 Å². The Labute approximate surface area is 164 Å². The Balaban J connectivity index is 1.67. The van der Waals surface area contributed by atoms with Crippen molar-refractivity contribution < 1.29 is 9.21 Å². The minimum absolute atomic E-state index is 0.231. The van der Waals surface area contributed by atoms with Crippen LogP contribution in [-0.4, -0.2) is 24.1 Å². The highest BCUT2D eigenvalue weighted by Crippen LogP contribution is 2.23.